The Balaban J connectivity index is 1.93. The fraction of sp³-hybridized carbons (Fsp3) is 0.500. The van der Waals surface area contributed by atoms with Crippen LogP contribution in [-0.2, 0) is 16.6 Å². The molecule has 0 aliphatic carbocycles. The van der Waals surface area contributed by atoms with Gasteiger partial charge in [-0.05, 0) is 36.5 Å². The zero-order valence-corrected chi connectivity index (χ0v) is 15.7. The molecule has 0 aliphatic rings. The standard InChI is InChI=1S/C18H25N3O2S/c1-6-7-15-20-21-17(24-15)19-16(22)12(2)23-14-10-8-13(9-11-14)18(3,4)5/h8-12H,6-7H2,1-5H3,(H,19,21,22). The van der Waals surface area contributed by atoms with E-state index < -0.39 is 6.10 Å². The number of anilines is 1. The van der Waals surface area contributed by atoms with Crippen molar-refractivity contribution in [2.45, 2.75) is 59.0 Å². The number of rotatable bonds is 6. The Labute approximate surface area is 147 Å². The molecule has 1 unspecified atom stereocenters. The van der Waals surface area contributed by atoms with Crippen molar-refractivity contribution in [1.82, 2.24) is 10.2 Å². The van der Waals surface area contributed by atoms with E-state index in [1.54, 1.807) is 6.92 Å². The molecule has 1 heterocycles. The van der Waals surface area contributed by atoms with Crippen molar-refractivity contribution in [1.29, 1.82) is 0 Å². The number of nitrogens with zero attached hydrogens (tertiary/aromatic N) is 2. The van der Waals surface area contributed by atoms with Gasteiger partial charge in [-0.15, -0.1) is 10.2 Å². The van der Waals surface area contributed by atoms with Crippen LogP contribution >= 0.6 is 11.3 Å². The van der Waals surface area contributed by atoms with E-state index in [4.69, 9.17) is 4.74 Å². The first-order chi connectivity index (χ1) is 11.3. The second-order valence-electron chi connectivity index (χ2n) is 6.77. The Bertz CT molecular complexity index is 674. The lowest BCUT2D eigenvalue weighted by molar-refractivity contribution is -0.122. The summed E-state index contributed by atoms with van der Waals surface area (Å²) in [5.74, 6) is 0.448. The lowest BCUT2D eigenvalue weighted by Crippen LogP contribution is -2.30. The van der Waals surface area contributed by atoms with Crippen LogP contribution in [0.25, 0.3) is 0 Å². The highest BCUT2D eigenvalue weighted by molar-refractivity contribution is 7.15. The van der Waals surface area contributed by atoms with Gasteiger partial charge in [-0.2, -0.15) is 0 Å². The Hall–Kier alpha value is -1.95. The molecule has 6 heteroatoms. The van der Waals surface area contributed by atoms with Crippen LogP contribution in [0.5, 0.6) is 5.75 Å². The van der Waals surface area contributed by atoms with Gasteiger partial charge < -0.3 is 4.74 Å². The van der Waals surface area contributed by atoms with Crippen LogP contribution in [0.2, 0.25) is 0 Å². The molecule has 0 fully saturated rings. The van der Waals surface area contributed by atoms with Crippen molar-refractivity contribution < 1.29 is 9.53 Å². The minimum atomic E-state index is -0.607. The average Bonchev–Trinajstić information content (AvgIpc) is 2.94. The third-order valence-corrected chi connectivity index (χ3v) is 4.46. The van der Waals surface area contributed by atoms with Crippen molar-refractivity contribution >= 4 is 22.4 Å². The lowest BCUT2D eigenvalue weighted by Gasteiger charge is -2.20. The minimum Gasteiger partial charge on any atom is -0.481 e. The van der Waals surface area contributed by atoms with Gasteiger partial charge in [0.2, 0.25) is 5.13 Å². The summed E-state index contributed by atoms with van der Waals surface area (Å²) in [6, 6.07) is 7.85. The van der Waals surface area contributed by atoms with Gasteiger partial charge in [0.05, 0.1) is 0 Å². The van der Waals surface area contributed by atoms with Crippen LogP contribution < -0.4 is 10.1 Å². The number of benzene rings is 1. The van der Waals surface area contributed by atoms with Gasteiger partial charge in [0.1, 0.15) is 10.8 Å². The SMILES string of the molecule is CCCc1nnc(NC(=O)C(C)Oc2ccc(C(C)(C)C)cc2)s1. The number of carbonyl (C=O) groups excluding carboxylic acids is 1. The molecule has 24 heavy (non-hydrogen) atoms. The maximum absolute atomic E-state index is 12.2. The van der Waals surface area contributed by atoms with Gasteiger partial charge in [-0.3, -0.25) is 10.1 Å². The Kier molecular flexibility index (Phi) is 5.94. The summed E-state index contributed by atoms with van der Waals surface area (Å²) >= 11 is 1.40. The van der Waals surface area contributed by atoms with E-state index in [1.165, 1.54) is 16.9 Å². The van der Waals surface area contributed by atoms with Crippen LogP contribution in [0.3, 0.4) is 0 Å². The second kappa shape index (κ2) is 7.75. The zero-order valence-electron chi connectivity index (χ0n) is 14.9. The molecule has 0 saturated heterocycles. The molecular weight excluding hydrogens is 322 g/mol. The summed E-state index contributed by atoms with van der Waals surface area (Å²) in [7, 11) is 0. The van der Waals surface area contributed by atoms with Gasteiger partial charge in [0.15, 0.2) is 6.10 Å². The first-order valence-corrected chi connectivity index (χ1v) is 9.01. The highest BCUT2D eigenvalue weighted by atomic mass is 32.1. The molecule has 1 aromatic carbocycles. The summed E-state index contributed by atoms with van der Waals surface area (Å²) in [5.41, 5.74) is 1.32. The number of hydrogen-bond donors (Lipinski definition) is 1. The van der Waals surface area contributed by atoms with E-state index in [1.807, 2.05) is 24.3 Å². The summed E-state index contributed by atoms with van der Waals surface area (Å²) in [5, 5.41) is 12.2. The number of carbonyl (C=O) groups is 1. The molecule has 1 aromatic heterocycles. The van der Waals surface area contributed by atoms with E-state index >= 15 is 0 Å². The van der Waals surface area contributed by atoms with E-state index in [9.17, 15) is 4.79 Å². The molecule has 1 amide bonds. The molecule has 0 bridgehead atoms. The summed E-state index contributed by atoms with van der Waals surface area (Å²) in [4.78, 5) is 12.2. The maximum atomic E-state index is 12.2. The highest BCUT2D eigenvalue weighted by Crippen LogP contribution is 2.25. The molecule has 1 N–H and O–H groups in total. The van der Waals surface area contributed by atoms with E-state index in [0.29, 0.717) is 10.9 Å². The largest absolute Gasteiger partial charge is 0.481 e. The van der Waals surface area contributed by atoms with E-state index in [0.717, 1.165) is 17.8 Å². The van der Waals surface area contributed by atoms with Crippen LogP contribution in [0.1, 0.15) is 51.6 Å². The quantitative estimate of drug-likeness (QED) is 0.851. The highest BCUT2D eigenvalue weighted by Gasteiger charge is 2.18. The average molecular weight is 347 g/mol. The van der Waals surface area contributed by atoms with Gasteiger partial charge >= 0.3 is 0 Å². The van der Waals surface area contributed by atoms with Crippen molar-refractivity contribution in [3.05, 3.63) is 34.8 Å². The number of aromatic nitrogens is 2. The molecule has 2 rings (SSSR count). The molecular formula is C18H25N3O2S. The third-order valence-electron chi connectivity index (χ3n) is 3.56. The summed E-state index contributed by atoms with van der Waals surface area (Å²) < 4.78 is 5.71. The van der Waals surface area contributed by atoms with Crippen LogP contribution in [-0.4, -0.2) is 22.2 Å². The van der Waals surface area contributed by atoms with Crippen molar-refractivity contribution in [3.8, 4) is 5.75 Å². The monoisotopic (exact) mass is 347 g/mol. The number of ether oxygens (including phenoxy) is 1. The van der Waals surface area contributed by atoms with Crippen LogP contribution in [0.4, 0.5) is 5.13 Å². The number of hydrogen-bond acceptors (Lipinski definition) is 5. The molecule has 0 aliphatic heterocycles. The van der Waals surface area contributed by atoms with Gasteiger partial charge in [0, 0.05) is 6.42 Å². The van der Waals surface area contributed by atoms with Crippen molar-refractivity contribution in [3.63, 3.8) is 0 Å². The van der Waals surface area contributed by atoms with Crippen LogP contribution in [0, 0.1) is 0 Å². The molecule has 0 radical (unpaired) electrons. The van der Waals surface area contributed by atoms with Gasteiger partial charge in [-0.25, -0.2) is 0 Å². The van der Waals surface area contributed by atoms with Crippen molar-refractivity contribution in [2.75, 3.05) is 5.32 Å². The summed E-state index contributed by atoms with van der Waals surface area (Å²) in [6.07, 6.45) is 1.27. The smallest absolute Gasteiger partial charge is 0.266 e. The number of aryl methyl sites for hydroxylation is 1. The Morgan fingerprint density at radius 3 is 2.50 bits per heavy atom. The minimum absolute atomic E-state index is 0.0928. The fourth-order valence-electron chi connectivity index (χ4n) is 2.12. The van der Waals surface area contributed by atoms with Crippen molar-refractivity contribution in [2.24, 2.45) is 0 Å². The van der Waals surface area contributed by atoms with Crippen LogP contribution in [0.15, 0.2) is 24.3 Å². The van der Waals surface area contributed by atoms with E-state index in [-0.39, 0.29) is 11.3 Å². The Morgan fingerprint density at radius 2 is 1.92 bits per heavy atom. The molecule has 1 atom stereocenters. The van der Waals surface area contributed by atoms with E-state index in [2.05, 4.69) is 43.2 Å². The van der Waals surface area contributed by atoms with Gasteiger partial charge in [-0.1, -0.05) is 51.2 Å². The third kappa shape index (κ3) is 5.03. The fourth-order valence-corrected chi connectivity index (χ4v) is 2.96. The number of amides is 1. The number of nitrogens with one attached hydrogen (secondary N) is 1. The maximum Gasteiger partial charge on any atom is 0.266 e. The van der Waals surface area contributed by atoms with Gasteiger partial charge in [0.25, 0.3) is 5.91 Å². The first-order valence-electron chi connectivity index (χ1n) is 8.20. The zero-order chi connectivity index (χ0) is 17.7. The molecule has 130 valence electrons. The second-order valence-corrected chi connectivity index (χ2v) is 7.84. The predicted octanol–water partition coefficient (Wildman–Crippen LogP) is 4.19. The normalized spacial score (nSPS) is 12.7. The molecule has 5 nitrogen and oxygen atoms in total. The predicted molar refractivity (Wildman–Crippen MR) is 97.8 cm³/mol. The molecule has 0 spiro atoms. The summed E-state index contributed by atoms with van der Waals surface area (Å²) in [6.45, 7) is 10.3. The molecule has 0 saturated carbocycles. The molecule has 2 aromatic rings. The first kappa shape index (κ1) is 18.4. The Morgan fingerprint density at radius 1 is 1.25 bits per heavy atom. The topological polar surface area (TPSA) is 64.1 Å². The lowest BCUT2D eigenvalue weighted by atomic mass is 9.87.